The lowest BCUT2D eigenvalue weighted by atomic mass is 9.82. The van der Waals surface area contributed by atoms with Crippen molar-refractivity contribution in [1.82, 2.24) is 9.88 Å². The van der Waals surface area contributed by atoms with Gasteiger partial charge in [0.05, 0.1) is 5.56 Å². The van der Waals surface area contributed by atoms with E-state index in [1.54, 1.807) is 0 Å². The number of rotatable bonds is 2. The molecule has 2 unspecified atom stereocenters. The van der Waals surface area contributed by atoms with Crippen molar-refractivity contribution in [3.63, 3.8) is 0 Å². The Morgan fingerprint density at radius 1 is 1.24 bits per heavy atom. The van der Waals surface area contributed by atoms with Crippen LogP contribution >= 0.6 is 0 Å². The van der Waals surface area contributed by atoms with Gasteiger partial charge < -0.3 is 10.2 Å². The molecule has 3 heterocycles. The fraction of sp³-hybridized carbons (Fsp3) is 0.667. The standard InChI is InChI=1S/C15H20F3N3/c1-21-12-3-2-4-13(21)9-11(8-12)20-14-7-10(5-6-19-14)15(16,17)18/h5-7,11-13H,2-4,8-9H2,1H3,(H,19,20). The molecule has 0 radical (unpaired) electrons. The van der Waals surface area contributed by atoms with Crippen LogP contribution in [0.3, 0.4) is 0 Å². The number of pyridine rings is 1. The van der Waals surface area contributed by atoms with Crippen LogP contribution < -0.4 is 5.32 Å². The number of nitrogens with one attached hydrogen (secondary N) is 1. The van der Waals surface area contributed by atoms with E-state index in [2.05, 4.69) is 22.2 Å². The quantitative estimate of drug-likeness (QED) is 0.905. The molecule has 0 spiro atoms. The summed E-state index contributed by atoms with van der Waals surface area (Å²) in [6, 6.07) is 3.41. The first-order valence-corrected chi connectivity index (χ1v) is 7.45. The Labute approximate surface area is 122 Å². The van der Waals surface area contributed by atoms with Crippen molar-refractivity contribution in [3.8, 4) is 0 Å². The van der Waals surface area contributed by atoms with Crippen LogP contribution in [0.1, 0.15) is 37.7 Å². The van der Waals surface area contributed by atoms with Gasteiger partial charge in [0.15, 0.2) is 0 Å². The van der Waals surface area contributed by atoms with Gasteiger partial charge in [-0.2, -0.15) is 13.2 Å². The lowest BCUT2D eigenvalue weighted by Crippen LogP contribution is -2.52. The molecule has 0 saturated carbocycles. The molecule has 2 saturated heterocycles. The summed E-state index contributed by atoms with van der Waals surface area (Å²) in [6.45, 7) is 0. The zero-order chi connectivity index (χ0) is 15.0. The molecule has 116 valence electrons. The molecular formula is C15H20F3N3. The van der Waals surface area contributed by atoms with Gasteiger partial charge in [0, 0.05) is 24.3 Å². The summed E-state index contributed by atoms with van der Waals surface area (Å²) in [5.74, 6) is 0.331. The number of piperidine rings is 2. The average Bonchev–Trinajstić information content (AvgIpc) is 2.39. The summed E-state index contributed by atoms with van der Waals surface area (Å²) >= 11 is 0. The minimum atomic E-state index is -4.32. The largest absolute Gasteiger partial charge is 0.416 e. The Kier molecular flexibility index (Phi) is 3.82. The Balaban J connectivity index is 1.70. The Bertz CT molecular complexity index is 489. The minimum Gasteiger partial charge on any atom is -0.367 e. The number of nitrogens with zero attached hydrogens (tertiary/aromatic N) is 2. The van der Waals surface area contributed by atoms with Crippen LogP contribution in [-0.4, -0.2) is 35.1 Å². The third kappa shape index (κ3) is 3.15. The highest BCUT2D eigenvalue weighted by Crippen LogP contribution is 2.34. The molecule has 2 fully saturated rings. The number of alkyl halides is 3. The monoisotopic (exact) mass is 299 g/mol. The maximum atomic E-state index is 12.7. The van der Waals surface area contributed by atoms with Gasteiger partial charge in [0.2, 0.25) is 0 Å². The molecule has 3 nitrogen and oxygen atoms in total. The first-order chi connectivity index (χ1) is 9.93. The molecule has 2 bridgehead atoms. The van der Waals surface area contributed by atoms with Crippen LogP contribution in [0.2, 0.25) is 0 Å². The van der Waals surface area contributed by atoms with Crippen LogP contribution in [0, 0.1) is 0 Å². The van der Waals surface area contributed by atoms with Gasteiger partial charge in [0.1, 0.15) is 5.82 Å². The number of hydrogen-bond acceptors (Lipinski definition) is 3. The molecule has 0 aliphatic carbocycles. The van der Waals surface area contributed by atoms with E-state index in [4.69, 9.17) is 0 Å². The van der Waals surface area contributed by atoms with Gasteiger partial charge >= 0.3 is 6.18 Å². The van der Waals surface area contributed by atoms with Crippen molar-refractivity contribution >= 4 is 5.82 Å². The summed E-state index contributed by atoms with van der Waals surface area (Å²) in [5.41, 5.74) is -0.645. The number of aromatic nitrogens is 1. The zero-order valence-electron chi connectivity index (χ0n) is 12.0. The summed E-state index contributed by atoms with van der Waals surface area (Å²) in [7, 11) is 2.16. The molecule has 21 heavy (non-hydrogen) atoms. The van der Waals surface area contributed by atoms with E-state index in [9.17, 15) is 13.2 Å². The lowest BCUT2D eigenvalue weighted by molar-refractivity contribution is -0.137. The van der Waals surface area contributed by atoms with E-state index < -0.39 is 11.7 Å². The van der Waals surface area contributed by atoms with Crippen LogP contribution in [-0.2, 0) is 6.18 Å². The van der Waals surface area contributed by atoms with E-state index in [1.165, 1.54) is 25.5 Å². The number of hydrogen-bond donors (Lipinski definition) is 1. The lowest BCUT2D eigenvalue weighted by Gasteiger charge is -2.47. The van der Waals surface area contributed by atoms with Crippen molar-refractivity contribution < 1.29 is 13.2 Å². The summed E-state index contributed by atoms with van der Waals surface area (Å²) < 4.78 is 38.2. The molecule has 1 aromatic rings. The zero-order valence-corrected chi connectivity index (χ0v) is 12.0. The van der Waals surface area contributed by atoms with Crippen molar-refractivity contribution in [2.75, 3.05) is 12.4 Å². The third-order valence-corrected chi connectivity index (χ3v) is 4.78. The summed E-state index contributed by atoms with van der Waals surface area (Å²) in [4.78, 5) is 6.47. The molecule has 2 atom stereocenters. The van der Waals surface area contributed by atoms with E-state index in [0.717, 1.165) is 25.0 Å². The highest BCUT2D eigenvalue weighted by molar-refractivity contribution is 5.39. The smallest absolute Gasteiger partial charge is 0.367 e. The topological polar surface area (TPSA) is 28.2 Å². The molecule has 2 aliphatic heterocycles. The number of halogens is 3. The summed E-state index contributed by atoms with van der Waals surface area (Å²) in [5, 5.41) is 3.20. The molecule has 0 aromatic carbocycles. The highest BCUT2D eigenvalue weighted by atomic mass is 19.4. The van der Waals surface area contributed by atoms with Crippen LogP contribution in [0.25, 0.3) is 0 Å². The van der Waals surface area contributed by atoms with E-state index in [-0.39, 0.29) is 6.04 Å². The maximum Gasteiger partial charge on any atom is 0.416 e. The molecule has 6 heteroatoms. The van der Waals surface area contributed by atoms with Crippen LogP contribution in [0.5, 0.6) is 0 Å². The Hall–Kier alpha value is -1.30. The molecular weight excluding hydrogens is 279 g/mol. The molecule has 2 aliphatic rings. The third-order valence-electron chi connectivity index (χ3n) is 4.78. The van der Waals surface area contributed by atoms with Crippen LogP contribution in [0.4, 0.5) is 19.0 Å². The second-order valence-corrected chi connectivity index (χ2v) is 6.14. The first-order valence-electron chi connectivity index (χ1n) is 7.45. The van der Waals surface area contributed by atoms with E-state index in [1.807, 2.05) is 0 Å². The van der Waals surface area contributed by atoms with Gasteiger partial charge in [-0.1, -0.05) is 6.42 Å². The van der Waals surface area contributed by atoms with Crippen molar-refractivity contribution in [2.24, 2.45) is 0 Å². The van der Waals surface area contributed by atoms with Gasteiger partial charge in [-0.15, -0.1) is 0 Å². The van der Waals surface area contributed by atoms with Gasteiger partial charge in [0.25, 0.3) is 0 Å². The minimum absolute atomic E-state index is 0.215. The molecule has 1 N–H and O–H groups in total. The van der Waals surface area contributed by atoms with Crippen molar-refractivity contribution in [1.29, 1.82) is 0 Å². The normalized spacial score (nSPS) is 30.2. The van der Waals surface area contributed by atoms with Crippen molar-refractivity contribution in [3.05, 3.63) is 23.9 Å². The average molecular weight is 299 g/mol. The molecule has 3 rings (SSSR count). The predicted octanol–water partition coefficient (Wildman–Crippen LogP) is 3.53. The SMILES string of the molecule is CN1C2CCCC1CC(Nc1cc(C(F)(F)F)ccn1)C2. The highest BCUT2D eigenvalue weighted by Gasteiger charge is 2.36. The van der Waals surface area contributed by atoms with E-state index >= 15 is 0 Å². The fourth-order valence-corrected chi connectivity index (χ4v) is 3.63. The second kappa shape index (κ2) is 5.48. The van der Waals surface area contributed by atoms with Gasteiger partial charge in [-0.05, 0) is 44.9 Å². The van der Waals surface area contributed by atoms with Gasteiger partial charge in [-0.3, -0.25) is 0 Å². The maximum absolute atomic E-state index is 12.7. The van der Waals surface area contributed by atoms with E-state index in [0.29, 0.717) is 17.9 Å². The Morgan fingerprint density at radius 2 is 1.90 bits per heavy atom. The molecule has 1 aromatic heterocycles. The number of fused-ring (bicyclic) bond motifs is 2. The van der Waals surface area contributed by atoms with Crippen LogP contribution in [0.15, 0.2) is 18.3 Å². The van der Waals surface area contributed by atoms with Crippen molar-refractivity contribution in [2.45, 2.75) is 56.4 Å². The fourth-order valence-electron chi connectivity index (χ4n) is 3.63. The predicted molar refractivity (Wildman–Crippen MR) is 75.1 cm³/mol. The van der Waals surface area contributed by atoms with Gasteiger partial charge in [-0.25, -0.2) is 4.98 Å². The molecule has 0 amide bonds. The Morgan fingerprint density at radius 3 is 2.52 bits per heavy atom. The number of anilines is 1. The second-order valence-electron chi connectivity index (χ2n) is 6.14. The summed E-state index contributed by atoms with van der Waals surface area (Å²) in [6.07, 6.45) is 2.48. The first kappa shape index (κ1) is 14.6.